The van der Waals surface area contributed by atoms with Crippen molar-refractivity contribution in [1.29, 1.82) is 0 Å². The van der Waals surface area contributed by atoms with E-state index < -0.39 is 17.7 Å². The minimum atomic E-state index is -0.756. The molecule has 33 heavy (non-hydrogen) atoms. The molecular formula is C25H27NO7. The van der Waals surface area contributed by atoms with E-state index in [2.05, 4.69) is 0 Å². The minimum Gasteiger partial charge on any atom is -0.507 e. The highest BCUT2D eigenvalue weighted by Crippen LogP contribution is 2.41. The van der Waals surface area contributed by atoms with E-state index in [1.54, 1.807) is 42.5 Å². The smallest absolute Gasteiger partial charge is 0.295 e. The molecular weight excluding hydrogens is 426 g/mol. The number of fused-ring (bicyclic) bond motifs is 1. The van der Waals surface area contributed by atoms with Crippen molar-refractivity contribution in [2.24, 2.45) is 0 Å². The van der Waals surface area contributed by atoms with Gasteiger partial charge in [0.2, 0.25) is 0 Å². The Kier molecular flexibility index (Phi) is 6.84. The molecule has 1 amide bonds. The molecule has 174 valence electrons. The van der Waals surface area contributed by atoms with E-state index in [-0.39, 0.29) is 24.5 Å². The molecule has 1 saturated heterocycles. The van der Waals surface area contributed by atoms with Gasteiger partial charge in [-0.1, -0.05) is 19.1 Å². The summed E-state index contributed by atoms with van der Waals surface area (Å²) in [4.78, 5) is 27.4. The number of hydrogen-bond acceptors (Lipinski definition) is 7. The second-order valence-corrected chi connectivity index (χ2v) is 7.76. The SMILES string of the molecule is CCCOc1ccc(C2C(=C(O)c3ccc4c(c3)OCCO4)C(=O)C(=O)N2CCOC)cc1. The van der Waals surface area contributed by atoms with E-state index in [4.69, 9.17) is 18.9 Å². The molecule has 4 rings (SSSR count). The molecule has 0 saturated carbocycles. The second-order valence-electron chi connectivity index (χ2n) is 7.76. The zero-order valence-corrected chi connectivity index (χ0v) is 18.7. The van der Waals surface area contributed by atoms with E-state index in [1.807, 2.05) is 6.92 Å². The molecule has 1 atom stereocenters. The summed E-state index contributed by atoms with van der Waals surface area (Å²) in [5.74, 6) is 0.0607. The molecule has 0 aromatic heterocycles. The number of hydrogen-bond donors (Lipinski definition) is 1. The van der Waals surface area contributed by atoms with E-state index in [1.165, 1.54) is 12.0 Å². The number of carbonyl (C=O) groups excluding carboxylic acids is 2. The van der Waals surface area contributed by atoms with Crippen LogP contribution in [0.2, 0.25) is 0 Å². The standard InChI is InChI=1S/C25H27NO7/c1-3-11-31-18-7-4-16(5-8-18)22-21(24(28)25(29)26(22)10-12-30-2)23(27)17-6-9-19-20(15-17)33-14-13-32-19/h4-9,15,22,27H,3,10-14H2,1-2H3. The Morgan fingerprint density at radius 3 is 2.48 bits per heavy atom. The lowest BCUT2D eigenvalue weighted by molar-refractivity contribution is -0.140. The van der Waals surface area contributed by atoms with Crippen molar-refractivity contribution in [2.45, 2.75) is 19.4 Å². The Hall–Kier alpha value is -3.52. The maximum Gasteiger partial charge on any atom is 0.295 e. The number of carbonyl (C=O) groups is 2. The Balaban J connectivity index is 1.76. The van der Waals surface area contributed by atoms with Gasteiger partial charge in [-0.25, -0.2) is 0 Å². The number of nitrogens with zero attached hydrogens (tertiary/aromatic N) is 1. The molecule has 2 aromatic carbocycles. The van der Waals surface area contributed by atoms with Crippen molar-refractivity contribution in [2.75, 3.05) is 40.1 Å². The molecule has 8 heteroatoms. The maximum absolute atomic E-state index is 13.0. The van der Waals surface area contributed by atoms with Crippen LogP contribution in [0.5, 0.6) is 17.2 Å². The third-order valence-electron chi connectivity index (χ3n) is 5.56. The number of aliphatic hydroxyl groups excluding tert-OH is 1. The van der Waals surface area contributed by atoms with Crippen LogP contribution in [-0.2, 0) is 14.3 Å². The van der Waals surface area contributed by atoms with Gasteiger partial charge in [0, 0.05) is 19.2 Å². The molecule has 2 aromatic rings. The molecule has 0 radical (unpaired) electrons. The number of methoxy groups -OCH3 is 1. The Bertz CT molecular complexity index is 1060. The number of likely N-dealkylation sites (tertiary alicyclic amines) is 1. The number of ether oxygens (including phenoxy) is 4. The van der Waals surface area contributed by atoms with Crippen LogP contribution in [0.15, 0.2) is 48.0 Å². The summed E-state index contributed by atoms with van der Waals surface area (Å²) in [7, 11) is 1.53. The van der Waals surface area contributed by atoms with Gasteiger partial charge in [0.15, 0.2) is 11.5 Å². The van der Waals surface area contributed by atoms with Crippen molar-refractivity contribution in [3.8, 4) is 17.2 Å². The normalized spacial score (nSPS) is 19.1. The fourth-order valence-corrected chi connectivity index (χ4v) is 3.96. The summed E-state index contributed by atoms with van der Waals surface area (Å²) in [6, 6.07) is 11.4. The summed E-state index contributed by atoms with van der Waals surface area (Å²) in [5.41, 5.74) is 1.08. The molecule has 0 aliphatic carbocycles. The lowest BCUT2D eigenvalue weighted by atomic mass is 9.95. The zero-order valence-electron chi connectivity index (χ0n) is 18.7. The Labute approximate surface area is 192 Å². The van der Waals surface area contributed by atoms with E-state index in [9.17, 15) is 14.7 Å². The monoisotopic (exact) mass is 453 g/mol. The minimum absolute atomic E-state index is 0.0232. The summed E-state index contributed by atoms with van der Waals surface area (Å²) in [6.45, 7) is 3.92. The predicted molar refractivity (Wildman–Crippen MR) is 121 cm³/mol. The number of Topliss-reactive ketones (excluding diaryl/α,β-unsaturated/α-hetero) is 1. The van der Waals surface area contributed by atoms with Gasteiger partial charge in [0.05, 0.1) is 24.8 Å². The van der Waals surface area contributed by atoms with Gasteiger partial charge in [0.1, 0.15) is 24.7 Å². The molecule has 1 fully saturated rings. The predicted octanol–water partition coefficient (Wildman–Crippen LogP) is 3.31. The maximum atomic E-state index is 13.0. The highest BCUT2D eigenvalue weighted by Gasteiger charge is 2.46. The average Bonchev–Trinajstić information content (AvgIpc) is 3.10. The summed E-state index contributed by atoms with van der Waals surface area (Å²) >= 11 is 0. The van der Waals surface area contributed by atoms with E-state index in [0.717, 1.165) is 6.42 Å². The second kappa shape index (κ2) is 9.95. The van der Waals surface area contributed by atoms with Crippen LogP contribution in [0.25, 0.3) is 5.76 Å². The molecule has 8 nitrogen and oxygen atoms in total. The molecule has 2 aliphatic heterocycles. The van der Waals surface area contributed by atoms with Gasteiger partial charge in [-0.05, 0) is 42.3 Å². The Morgan fingerprint density at radius 2 is 1.79 bits per heavy atom. The van der Waals surface area contributed by atoms with Gasteiger partial charge in [-0.3, -0.25) is 9.59 Å². The van der Waals surface area contributed by atoms with Crippen LogP contribution in [-0.4, -0.2) is 61.8 Å². The molecule has 0 bridgehead atoms. The third-order valence-corrected chi connectivity index (χ3v) is 5.56. The molecule has 1 N–H and O–H groups in total. The first-order valence-corrected chi connectivity index (χ1v) is 10.9. The lowest BCUT2D eigenvalue weighted by Gasteiger charge is -2.25. The third kappa shape index (κ3) is 4.52. The van der Waals surface area contributed by atoms with Crippen LogP contribution in [0.3, 0.4) is 0 Å². The highest BCUT2D eigenvalue weighted by molar-refractivity contribution is 6.46. The summed E-state index contributed by atoms with van der Waals surface area (Å²) in [6.07, 6.45) is 0.883. The summed E-state index contributed by atoms with van der Waals surface area (Å²) in [5, 5.41) is 11.2. The summed E-state index contributed by atoms with van der Waals surface area (Å²) < 4.78 is 21.9. The van der Waals surface area contributed by atoms with Gasteiger partial charge >= 0.3 is 0 Å². The fraction of sp³-hybridized carbons (Fsp3) is 0.360. The largest absolute Gasteiger partial charge is 0.507 e. The number of ketones is 1. The molecule has 1 unspecified atom stereocenters. The van der Waals surface area contributed by atoms with Crippen LogP contribution >= 0.6 is 0 Å². The molecule has 0 spiro atoms. The van der Waals surface area contributed by atoms with Crippen molar-refractivity contribution in [1.82, 2.24) is 4.90 Å². The van der Waals surface area contributed by atoms with Crippen LogP contribution in [0.1, 0.15) is 30.5 Å². The molecule has 2 heterocycles. The zero-order chi connectivity index (χ0) is 23.4. The van der Waals surface area contributed by atoms with Gasteiger partial charge in [-0.2, -0.15) is 0 Å². The van der Waals surface area contributed by atoms with Crippen LogP contribution in [0.4, 0.5) is 0 Å². The van der Waals surface area contributed by atoms with Crippen LogP contribution in [0, 0.1) is 0 Å². The van der Waals surface area contributed by atoms with Crippen molar-refractivity contribution < 1.29 is 33.6 Å². The number of benzene rings is 2. The van der Waals surface area contributed by atoms with Gasteiger partial charge in [0.25, 0.3) is 11.7 Å². The fourth-order valence-electron chi connectivity index (χ4n) is 3.96. The van der Waals surface area contributed by atoms with Crippen molar-refractivity contribution in [3.63, 3.8) is 0 Å². The topological polar surface area (TPSA) is 94.5 Å². The first kappa shape index (κ1) is 22.7. The van der Waals surface area contributed by atoms with Gasteiger partial charge in [-0.15, -0.1) is 0 Å². The van der Waals surface area contributed by atoms with Crippen LogP contribution < -0.4 is 14.2 Å². The average molecular weight is 453 g/mol. The number of amides is 1. The number of rotatable bonds is 8. The van der Waals surface area contributed by atoms with E-state index in [0.29, 0.717) is 48.2 Å². The van der Waals surface area contributed by atoms with E-state index >= 15 is 0 Å². The van der Waals surface area contributed by atoms with Crippen molar-refractivity contribution >= 4 is 17.4 Å². The van der Waals surface area contributed by atoms with Crippen molar-refractivity contribution in [3.05, 3.63) is 59.2 Å². The Morgan fingerprint density at radius 1 is 1.06 bits per heavy atom. The number of aliphatic hydroxyl groups is 1. The first-order chi connectivity index (χ1) is 16.0. The first-order valence-electron chi connectivity index (χ1n) is 10.9. The quantitative estimate of drug-likeness (QED) is 0.372. The molecule has 2 aliphatic rings. The lowest BCUT2D eigenvalue weighted by Crippen LogP contribution is -2.32. The highest BCUT2D eigenvalue weighted by atomic mass is 16.6. The van der Waals surface area contributed by atoms with Gasteiger partial charge < -0.3 is 29.0 Å².